The number of benzene rings is 2. The largest absolute Gasteiger partial charge is 0.496 e. The third-order valence-corrected chi connectivity index (χ3v) is 4.14. The summed E-state index contributed by atoms with van der Waals surface area (Å²) in [4.78, 5) is 0.235. The minimum atomic E-state index is 0.235. The molecule has 0 radical (unpaired) electrons. The molecule has 2 aromatic carbocycles. The molecule has 3 heteroatoms. The Balaban J connectivity index is 2.10. The van der Waals surface area contributed by atoms with Crippen molar-refractivity contribution in [1.29, 1.82) is 0 Å². The van der Waals surface area contributed by atoms with E-state index in [-0.39, 0.29) is 4.83 Å². The third-order valence-electron chi connectivity index (χ3n) is 3.28. The summed E-state index contributed by atoms with van der Waals surface area (Å²) >= 11 is 3.78. The highest BCUT2D eigenvalue weighted by Crippen LogP contribution is 2.32. The van der Waals surface area contributed by atoms with Gasteiger partial charge >= 0.3 is 0 Å². The maximum absolute atomic E-state index is 5.70. The van der Waals surface area contributed by atoms with E-state index in [0.29, 0.717) is 0 Å². The molecule has 0 N–H and O–H groups in total. The van der Waals surface area contributed by atoms with Gasteiger partial charge in [0, 0.05) is 4.83 Å². The van der Waals surface area contributed by atoms with E-state index < -0.39 is 0 Å². The first-order valence-corrected chi connectivity index (χ1v) is 8.15. The van der Waals surface area contributed by atoms with Crippen molar-refractivity contribution in [2.75, 3.05) is 13.7 Å². The zero-order chi connectivity index (χ0) is 15.1. The first-order valence-electron chi connectivity index (χ1n) is 7.23. The second kappa shape index (κ2) is 8.08. The molecule has 2 aromatic rings. The molecule has 0 bridgehead atoms. The molecule has 0 amide bonds. The number of hydrogen-bond acceptors (Lipinski definition) is 2. The highest BCUT2D eigenvalue weighted by molar-refractivity contribution is 9.09. The van der Waals surface area contributed by atoms with Gasteiger partial charge in [-0.3, -0.25) is 0 Å². The standard InChI is InChI=1S/C18H21BrO2/c1-3-11-21-16-9-6-8-14(12-16)17(19)13-15-7-4-5-10-18(15)20-2/h4-10,12,17H,3,11,13H2,1-2H3. The van der Waals surface area contributed by atoms with Crippen LogP contribution < -0.4 is 9.47 Å². The van der Waals surface area contributed by atoms with Gasteiger partial charge < -0.3 is 9.47 Å². The summed E-state index contributed by atoms with van der Waals surface area (Å²) < 4.78 is 11.1. The van der Waals surface area contributed by atoms with Crippen molar-refractivity contribution in [2.45, 2.75) is 24.6 Å². The maximum Gasteiger partial charge on any atom is 0.122 e. The van der Waals surface area contributed by atoms with Crippen LogP contribution in [0.15, 0.2) is 48.5 Å². The molecule has 0 saturated heterocycles. The molecule has 21 heavy (non-hydrogen) atoms. The Morgan fingerprint density at radius 3 is 2.67 bits per heavy atom. The van der Waals surface area contributed by atoms with Crippen LogP contribution in [-0.4, -0.2) is 13.7 Å². The normalized spacial score (nSPS) is 12.0. The Bertz CT molecular complexity index is 569. The Hall–Kier alpha value is -1.48. The zero-order valence-corrected chi connectivity index (χ0v) is 14.1. The Labute approximate surface area is 135 Å². The van der Waals surface area contributed by atoms with Crippen LogP contribution in [0.5, 0.6) is 11.5 Å². The molecule has 0 aromatic heterocycles. The number of ether oxygens (including phenoxy) is 2. The van der Waals surface area contributed by atoms with Crippen LogP contribution in [0.4, 0.5) is 0 Å². The van der Waals surface area contributed by atoms with Crippen LogP contribution in [0.2, 0.25) is 0 Å². The Morgan fingerprint density at radius 1 is 1.10 bits per heavy atom. The van der Waals surface area contributed by atoms with Gasteiger partial charge in [-0.1, -0.05) is 53.2 Å². The molecule has 0 aliphatic rings. The molecule has 112 valence electrons. The summed E-state index contributed by atoms with van der Waals surface area (Å²) in [5, 5.41) is 0. The summed E-state index contributed by atoms with van der Waals surface area (Å²) in [5.74, 6) is 1.86. The molecular formula is C18H21BrO2. The van der Waals surface area contributed by atoms with E-state index >= 15 is 0 Å². The Morgan fingerprint density at radius 2 is 1.90 bits per heavy atom. The molecule has 2 rings (SSSR count). The minimum Gasteiger partial charge on any atom is -0.496 e. The van der Waals surface area contributed by atoms with E-state index in [4.69, 9.17) is 9.47 Å². The van der Waals surface area contributed by atoms with Crippen LogP contribution in [0, 0.1) is 0 Å². The van der Waals surface area contributed by atoms with Crippen LogP contribution in [0.25, 0.3) is 0 Å². The molecular weight excluding hydrogens is 328 g/mol. The van der Waals surface area contributed by atoms with Crippen molar-refractivity contribution in [2.24, 2.45) is 0 Å². The van der Waals surface area contributed by atoms with E-state index in [1.165, 1.54) is 11.1 Å². The van der Waals surface area contributed by atoms with Crippen molar-refractivity contribution in [3.05, 3.63) is 59.7 Å². The average Bonchev–Trinajstić information content (AvgIpc) is 2.53. The van der Waals surface area contributed by atoms with Gasteiger partial charge in [-0.25, -0.2) is 0 Å². The molecule has 2 nitrogen and oxygen atoms in total. The van der Waals surface area contributed by atoms with Gasteiger partial charge in [0.2, 0.25) is 0 Å². The summed E-state index contributed by atoms with van der Waals surface area (Å²) in [6.45, 7) is 2.86. The third kappa shape index (κ3) is 4.50. The average molecular weight is 349 g/mol. The molecule has 0 fully saturated rings. The van der Waals surface area contributed by atoms with E-state index in [2.05, 4.69) is 41.1 Å². The van der Waals surface area contributed by atoms with Gasteiger partial charge in [0.25, 0.3) is 0 Å². The second-order valence-corrected chi connectivity index (χ2v) is 6.01. The lowest BCUT2D eigenvalue weighted by Crippen LogP contribution is -2.00. The predicted octanol–water partition coefficient (Wildman–Crippen LogP) is 5.16. The fraction of sp³-hybridized carbons (Fsp3) is 0.333. The van der Waals surface area contributed by atoms with Crippen molar-refractivity contribution >= 4 is 15.9 Å². The number of halogens is 1. The second-order valence-electron chi connectivity index (χ2n) is 4.90. The van der Waals surface area contributed by atoms with Crippen molar-refractivity contribution in [3.8, 4) is 11.5 Å². The molecule has 0 aliphatic heterocycles. The number of rotatable bonds is 7. The molecule has 0 spiro atoms. The van der Waals surface area contributed by atoms with Gasteiger partial charge in [0.05, 0.1) is 13.7 Å². The monoisotopic (exact) mass is 348 g/mol. The molecule has 1 atom stereocenters. The summed E-state index contributed by atoms with van der Waals surface area (Å²) in [6, 6.07) is 16.4. The fourth-order valence-corrected chi connectivity index (χ4v) is 2.84. The van der Waals surface area contributed by atoms with Crippen LogP contribution in [0.1, 0.15) is 29.3 Å². The number of methoxy groups -OCH3 is 1. The van der Waals surface area contributed by atoms with Gasteiger partial charge in [0.15, 0.2) is 0 Å². The lowest BCUT2D eigenvalue weighted by Gasteiger charge is -2.14. The number of para-hydroxylation sites is 1. The Kier molecular flexibility index (Phi) is 6.12. The number of alkyl halides is 1. The lowest BCUT2D eigenvalue weighted by molar-refractivity contribution is 0.317. The van der Waals surface area contributed by atoms with Crippen LogP contribution in [0.3, 0.4) is 0 Å². The van der Waals surface area contributed by atoms with E-state index in [1.54, 1.807) is 7.11 Å². The summed E-state index contributed by atoms with van der Waals surface area (Å²) in [5.41, 5.74) is 2.41. The van der Waals surface area contributed by atoms with Crippen molar-refractivity contribution in [1.82, 2.24) is 0 Å². The summed E-state index contributed by atoms with van der Waals surface area (Å²) in [7, 11) is 1.71. The first kappa shape index (κ1) is 15.9. The summed E-state index contributed by atoms with van der Waals surface area (Å²) in [6.07, 6.45) is 1.89. The smallest absolute Gasteiger partial charge is 0.122 e. The highest BCUT2D eigenvalue weighted by Gasteiger charge is 2.12. The SMILES string of the molecule is CCCOc1cccc(C(Br)Cc2ccccc2OC)c1. The van der Waals surface area contributed by atoms with Gasteiger partial charge in [-0.2, -0.15) is 0 Å². The lowest BCUT2D eigenvalue weighted by atomic mass is 10.0. The van der Waals surface area contributed by atoms with Crippen molar-refractivity contribution in [3.63, 3.8) is 0 Å². The predicted molar refractivity (Wildman–Crippen MR) is 90.6 cm³/mol. The first-order chi connectivity index (χ1) is 10.2. The quantitative estimate of drug-likeness (QED) is 0.643. The maximum atomic E-state index is 5.70. The van der Waals surface area contributed by atoms with Crippen LogP contribution >= 0.6 is 15.9 Å². The minimum absolute atomic E-state index is 0.235. The van der Waals surface area contributed by atoms with Gasteiger partial charge in [0.1, 0.15) is 11.5 Å². The highest BCUT2D eigenvalue weighted by atomic mass is 79.9. The van der Waals surface area contributed by atoms with E-state index in [0.717, 1.165) is 30.9 Å². The fourth-order valence-electron chi connectivity index (χ4n) is 2.20. The zero-order valence-electron chi connectivity index (χ0n) is 12.5. The van der Waals surface area contributed by atoms with E-state index in [9.17, 15) is 0 Å². The molecule has 0 heterocycles. The van der Waals surface area contributed by atoms with Crippen molar-refractivity contribution < 1.29 is 9.47 Å². The van der Waals surface area contributed by atoms with E-state index in [1.807, 2.05) is 30.3 Å². The molecule has 0 aliphatic carbocycles. The number of hydrogen-bond donors (Lipinski definition) is 0. The van der Waals surface area contributed by atoms with Crippen LogP contribution in [-0.2, 0) is 6.42 Å². The van der Waals surface area contributed by atoms with Gasteiger partial charge in [-0.15, -0.1) is 0 Å². The topological polar surface area (TPSA) is 18.5 Å². The van der Waals surface area contributed by atoms with Gasteiger partial charge in [-0.05, 0) is 42.2 Å². The molecule has 0 saturated carbocycles. The molecule has 1 unspecified atom stereocenters.